The maximum Gasteiger partial charge on any atom is 0.120 e. The number of rotatable bonds is 3. The molecule has 1 heteroatoms. The average Bonchev–Trinajstić information content (AvgIpc) is 2.41. The summed E-state index contributed by atoms with van der Waals surface area (Å²) in [6.07, 6.45) is 0. The summed E-state index contributed by atoms with van der Waals surface area (Å²) in [7, 11) is 0. The predicted octanol–water partition coefficient (Wildman–Crippen LogP) is 4.91. The van der Waals surface area contributed by atoms with Gasteiger partial charge in [0, 0.05) is 0 Å². The second kappa shape index (κ2) is 7.54. The van der Waals surface area contributed by atoms with Gasteiger partial charge in [-0.1, -0.05) is 55.8 Å². The van der Waals surface area contributed by atoms with Crippen LogP contribution in [0.3, 0.4) is 0 Å². The van der Waals surface area contributed by atoms with E-state index in [1.54, 1.807) is 0 Å². The lowest BCUT2D eigenvalue weighted by atomic mass is 10.2. The van der Waals surface area contributed by atoms with Gasteiger partial charge in [0.2, 0.25) is 0 Å². The number of hydrogen-bond acceptors (Lipinski definition) is 1. The lowest BCUT2D eigenvalue weighted by Crippen LogP contribution is -1.95. The maximum absolute atomic E-state index is 5.71. The van der Waals surface area contributed by atoms with Crippen molar-refractivity contribution in [2.24, 2.45) is 0 Å². The summed E-state index contributed by atoms with van der Waals surface area (Å²) >= 11 is 0. The zero-order valence-electron chi connectivity index (χ0n) is 11.7. The van der Waals surface area contributed by atoms with E-state index < -0.39 is 0 Å². The van der Waals surface area contributed by atoms with Crippen molar-refractivity contribution in [3.8, 4) is 5.75 Å². The van der Waals surface area contributed by atoms with Gasteiger partial charge < -0.3 is 4.74 Å². The third-order valence-electron chi connectivity index (χ3n) is 2.52. The summed E-state index contributed by atoms with van der Waals surface area (Å²) in [6, 6.07) is 16.5. The Morgan fingerprint density at radius 1 is 0.833 bits per heavy atom. The van der Waals surface area contributed by atoms with Crippen molar-refractivity contribution in [1.29, 1.82) is 0 Å². The molecule has 2 aromatic carbocycles. The van der Waals surface area contributed by atoms with Crippen LogP contribution in [-0.2, 0) is 6.61 Å². The van der Waals surface area contributed by atoms with Gasteiger partial charge in [0.15, 0.2) is 0 Å². The first-order valence-corrected chi connectivity index (χ1v) is 6.49. The maximum atomic E-state index is 5.71. The van der Waals surface area contributed by atoms with Crippen molar-refractivity contribution in [1.82, 2.24) is 0 Å². The number of hydrogen-bond donors (Lipinski definition) is 0. The van der Waals surface area contributed by atoms with Gasteiger partial charge in [-0.3, -0.25) is 0 Å². The Morgan fingerprint density at radius 2 is 1.50 bits per heavy atom. The molecule has 2 rings (SSSR count). The molecule has 1 nitrogen and oxygen atoms in total. The molecule has 96 valence electrons. The zero-order valence-corrected chi connectivity index (χ0v) is 11.7. The molecular weight excluding hydrogens is 220 g/mol. The topological polar surface area (TPSA) is 9.23 Å². The third-order valence-corrected chi connectivity index (χ3v) is 2.52. The van der Waals surface area contributed by atoms with E-state index in [2.05, 4.69) is 44.2 Å². The van der Waals surface area contributed by atoms with Crippen LogP contribution in [0.4, 0.5) is 0 Å². The quantitative estimate of drug-likeness (QED) is 0.743. The van der Waals surface area contributed by atoms with E-state index in [4.69, 9.17) is 4.74 Å². The molecule has 0 spiro atoms. The molecule has 0 atom stereocenters. The van der Waals surface area contributed by atoms with Gasteiger partial charge in [-0.05, 0) is 37.1 Å². The third kappa shape index (κ3) is 4.62. The number of benzene rings is 2. The highest BCUT2D eigenvalue weighted by atomic mass is 16.5. The Morgan fingerprint density at radius 3 is 2.11 bits per heavy atom. The van der Waals surface area contributed by atoms with E-state index in [-0.39, 0.29) is 0 Å². The van der Waals surface area contributed by atoms with Crippen LogP contribution < -0.4 is 4.74 Å². The fraction of sp³-hybridized carbons (Fsp3) is 0.294. The number of aryl methyl sites for hydroxylation is 2. The van der Waals surface area contributed by atoms with Crippen LogP contribution in [0.2, 0.25) is 0 Å². The molecule has 2 aromatic rings. The number of ether oxygens (including phenoxy) is 1. The van der Waals surface area contributed by atoms with E-state index in [1.165, 1.54) is 16.7 Å². The van der Waals surface area contributed by atoms with Crippen molar-refractivity contribution < 1.29 is 4.74 Å². The molecule has 0 fully saturated rings. The molecule has 0 aliphatic rings. The van der Waals surface area contributed by atoms with Crippen molar-refractivity contribution in [2.75, 3.05) is 0 Å². The van der Waals surface area contributed by atoms with E-state index in [0.29, 0.717) is 6.61 Å². The van der Waals surface area contributed by atoms with Crippen molar-refractivity contribution >= 4 is 0 Å². The average molecular weight is 242 g/mol. The Labute approximate surface area is 110 Å². The second-order valence-corrected chi connectivity index (χ2v) is 4.09. The first-order chi connectivity index (χ1) is 8.74. The Hall–Kier alpha value is -1.76. The van der Waals surface area contributed by atoms with Crippen molar-refractivity contribution in [3.63, 3.8) is 0 Å². The highest BCUT2D eigenvalue weighted by Gasteiger charge is 1.95. The molecule has 0 amide bonds. The van der Waals surface area contributed by atoms with E-state index in [1.807, 2.05) is 32.0 Å². The van der Waals surface area contributed by atoms with Crippen LogP contribution in [-0.4, -0.2) is 0 Å². The van der Waals surface area contributed by atoms with E-state index >= 15 is 0 Å². The molecule has 0 aliphatic carbocycles. The monoisotopic (exact) mass is 242 g/mol. The van der Waals surface area contributed by atoms with Crippen LogP contribution >= 0.6 is 0 Å². The minimum atomic E-state index is 0.629. The smallest absolute Gasteiger partial charge is 0.120 e. The van der Waals surface area contributed by atoms with Crippen molar-refractivity contribution in [3.05, 3.63) is 65.2 Å². The van der Waals surface area contributed by atoms with Gasteiger partial charge in [0.1, 0.15) is 12.4 Å². The highest BCUT2D eigenvalue weighted by molar-refractivity contribution is 5.28. The molecule has 0 bridgehead atoms. The molecule has 0 N–H and O–H groups in total. The molecule has 0 saturated carbocycles. The molecule has 0 heterocycles. The Balaban J connectivity index is 0.000000771. The minimum absolute atomic E-state index is 0.629. The van der Waals surface area contributed by atoms with E-state index in [0.717, 1.165) is 5.75 Å². The molecular formula is C17H22O. The largest absolute Gasteiger partial charge is 0.489 e. The van der Waals surface area contributed by atoms with E-state index in [9.17, 15) is 0 Å². The summed E-state index contributed by atoms with van der Waals surface area (Å²) in [5.41, 5.74) is 3.70. The Bertz CT molecular complexity index is 457. The lowest BCUT2D eigenvalue weighted by Gasteiger charge is -2.07. The lowest BCUT2D eigenvalue weighted by molar-refractivity contribution is 0.306. The molecule has 0 unspecified atom stereocenters. The fourth-order valence-corrected chi connectivity index (χ4v) is 1.56. The Kier molecular flexibility index (Phi) is 5.99. The first kappa shape index (κ1) is 14.3. The van der Waals surface area contributed by atoms with Crippen LogP contribution in [0.5, 0.6) is 5.75 Å². The predicted molar refractivity (Wildman–Crippen MR) is 78.0 cm³/mol. The zero-order chi connectivity index (χ0) is 13.4. The molecule has 0 aromatic heterocycles. The molecule has 18 heavy (non-hydrogen) atoms. The summed E-state index contributed by atoms with van der Waals surface area (Å²) in [4.78, 5) is 0. The standard InChI is InChI=1S/C15H16O.C2H6/c1-12-6-8-14(9-7-12)11-16-15-5-3-4-13(2)10-15;1-2/h3-10H,11H2,1-2H3;1-2H3. The van der Waals surface area contributed by atoms with Gasteiger partial charge in [-0.25, -0.2) is 0 Å². The van der Waals surface area contributed by atoms with Gasteiger partial charge in [-0.2, -0.15) is 0 Å². The van der Waals surface area contributed by atoms with Crippen molar-refractivity contribution in [2.45, 2.75) is 34.3 Å². The van der Waals surface area contributed by atoms with Gasteiger partial charge in [-0.15, -0.1) is 0 Å². The van der Waals surface area contributed by atoms with Gasteiger partial charge in [0.25, 0.3) is 0 Å². The minimum Gasteiger partial charge on any atom is -0.489 e. The van der Waals surface area contributed by atoms with Crippen LogP contribution in [0.1, 0.15) is 30.5 Å². The molecule has 0 aliphatic heterocycles. The van der Waals surface area contributed by atoms with Crippen LogP contribution in [0, 0.1) is 13.8 Å². The normalized spacial score (nSPS) is 9.33. The molecule has 0 saturated heterocycles. The van der Waals surface area contributed by atoms with Gasteiger partial charge in [0.05, 0.1) is 0 Å². The first-order valence-electron chi connectivity index (χ1n) is 6.49. The second-order valence-electron chi connectivity index (χ2n) is 4.09. The summed E-state index contributed by atoms with van der Waals surface area (Å²) < 4.78 is 5.71. The summed E-state index contributed by atoms with van der Waals surface area (Å²) in [5.74, 6) is 0.931. The fourth-order valence-electron chi connectivity index (χ4n) is 1.56. The SMILES string of the molecule is CC.Cc1ccc(COc2cccc(C)c2)cc1. The van der Waals surface area contributed by atoms with Crippen LogP contribution in [0.15, 0.2) is 48.5 Å². The highest BCUT2D eigenvalue weighted by Crippen LogP contribution is 2.14. The molecule has 0 radical (unpaired) electrons. The van der Waals surface area contributed by atoms with Gasteiger partial charge >= 0.3 is 0 Å². The van der Waals surface area contributed by atoms with Crippen LogP contribution in [0.25, 0.3) is 0 Å². The summed E-state index contributed by atoms with van der Waals surface area (Å²) in [6.45, 7) is 8.79. The summed E-state index contributed by atoms with van der Waals surface area (Å²) in [5, 5.41) is 0.